The topological polar surface area (TPSA) is 84.6 Å². The molecule has 0 aliphatic heterocycles. The van der Waals surface area contributed by atoms with E-state index < -0.39 is 12.2 Å². The number of urea groups is 1. The van der Waals surface area contributed by atoms with Crippen LogP contribution in [0.3, 0.4) is 0 Å². The molecule has 0 rings (SSSR count). The third kappa shape index (κ3) is 11.1. The lowest BCUT2D eigenvalue weighted by Gasteiger charge is -2.08. The standard InChI is InChI=1S/C12H25N3O2/c1-2-3-4-5-6-7-8-9-10-11(15-17)14-12(13)16/h11H,2-10H2,1H3,(H3,13,14,16). The lowest BCUT2D eigenvalue weighted by molar-refractivity contribution is 0.244. The Morgan fingerprint density at radius 3 is 2.12 bits per heavy atom. The van der Waals surface area contributed by atoms with Gasteiger partial charge in [-0.15, -0.1) is 4.91 Å². The summed E-state index contributed by atoms with van der Waals surface area (Å²) in [4.78, 5) is 20.9. The fourth-order valence-electron chi connectivity index (χ4n) is 1.79. The van der Waals surface area contributed by atoms with Crippen LogP contribution in [0.5, 0.6) is 0 Å². The average molecular weight is 243 g/mol. The highest BCUT2D eigenvalue weighted by molar-refractivity contribution is 5.71. The predicted molar refractivity (Wildman–Crippen MR) is 69.5 cm³/mol. The maximum Gasteiger partial charge on any atom is 0.313 e. The molecule has 3 N–H and O–H groups in total. The van der Waals surface area contributed by atoms with Gasteiger partial charge >= 0.3 is 6.03 Å². The number of hydrogen-bond donors (Lipinski definition) is 2. The zero-order valence-corrected chi connectivity index (χ0v) is 10.8. The number of carbonyl (C=O) groups is 1. The first-order valence-electron chi connectivity index (χ1n) is 6.59. The van der Waals surface area contributed by atoms with E-state index in [0.29, 0.717) is 6.42 Å². The first-order valence-corrected chi connectivity index (χ1v) is 6.59. The third-order valence-corrected chi connectivity index (χ3v) is 2.77. The molecule has 0 aromatic heterocycles. The van der Waals surface area contributed by atoms with Gasteiger partial charge in [-0.3, -0.25) is 0 Å². The van der Waals surface area contributed by atoms with Crippen molar-refractivity contribution >= 4 is 6.03 Å². The molecule has 0 aromatic carbocycles. The van der Waals surface area contributed by atoms with Crippen molar-refractivity contribution in [2.24, 2.45) is 10.9 Å². The zero-order valence-electron chi connectivity index (χ0n) is 10.8. The van der Waals surface area contributed by atoms with Gasteiger partial charge in [0.05, 0.1) is 0 Å². The van der Waals surface area contributed by atoms with Crippen LogP contribution >= 0.6 is 0 Å². The van der Waals surface area contributed by atoms with Crippen molar-refractivity contribution in [1.29, 1.82) is 0 Å². The molecule has 0 aliphatic rings. The van der Waals surface area contributed by atoms with E-state index in [4.69, 9.17) is 5.73 Å². The van der Waals surface area contributed by atoms with Crippen LogP contribution in [0, 0.1) is 4.91 Å². The second-order valence-electron chi connectivity index (χ2n) is 4.39. The number of nitroso groups, excluding NO2 is 1. The van der Waals surface area contributed by atoms with Gasteiger partial charge in [0.25, 0.3) is 0 Å². The molecule has 0 spiro atoms. The smallest absolute Gasteiger partial charge is 0.313 e. The maximum atomic E-state index is 10.5. The molecule has 17 heavy (non-hydrogen) atoms. The number of unbranched alkanes of at least 4 members (excludes halogenated alkanes) is 7. The Kier molecular flexibility index (Phi) is 10.6. The Morgan fingerprint density at radius 1 is 1.12 bits per heavy atom. The molecule has 0 radical (unpaired) electrons. The fraction of sp³-hybridized carbons (Fsp3) is 0.917. The van der Waals surface area contributed by atoms with E-state index in [0.717, 1.165) is 12.8 Å². The van der Waals surface area contributed by atoms with Crippen LogP contribution in [-0.4, -0.2) is 12.2 Å². The summed E-state index contributed by atoms with van der Waals surface area (Å²) in [5.41, 5.74) is 4.92. The van der Waals surface area contributed by atoms with Crippen LogP contribution in [0.15, 0.2) is 5.18 Å². The SMILES string of the molecule is CCCCCCCCCCC(N=O)NC(N)=O. The summed E-state index contributed by atoms with van der Waals surface area (Å²) in [5, 5.41) is 5.13. The van der Waals surface area contributed by atoms with Gasteiger partial charge in [-0.1, -0.05) is 51.9 Å². The minimum atomic E-state index is -0.686. The Hall–Kier alpha value is -1.13. The van der Waals surface area contributed by atoms with E-state index in [2.05, 4.69) is 17.4 Å². The summed E-state index contributed by atoms with van der Waals surface area (Å²) in [6.07, 6.45) is 9.55. The van der Waals surface area contributed by atoms with Crippen molar-refractivity contribution < 1.29 is 4.79 Å². The summed E-state index contributed by atoms with van der Waals surface area (Å²) >= 11 is 0. The predicted octanol–water partition coefficient (Wildman–Crippen LogP) is 3.28. The van der Waals surface area contributed by atoms with Crippen molar-refractivity contribution in [2.75, 3.05) is 0 Å². The molecule has 1 unspecified atom stereocenters. The second kappa shape index (κ2) is 11.4. The van der Waals surface area contributed by atoms with Crippen LogP contribution < -0.4 is 11.1 Å². The molecule has 1 atom stereocenters. The van der Waals surface area contributed by atoms with Gasteiger partial charge in [-0.2, -0.15) is 0 Å². The molecule has 0 aromatic rings. The van der Waals surface area contributed by atoms with Crippen LogP contribution in [-0.2, 0) is 0 Å². The van der Waals surface area contributed by atoms with E-state index in [9.17, 15) is 9.70 Å². The Balaban J connectivity index is 3.31. The van der Waals surface area contributed by atoms with Gasteiger partial charge in [0, 0.05) is 0 Å². The van der Waals surface area contributed by atoms with Gasteiger partial charge in [0.1, 0.15) is 0 Å². The zero-order chi connectivity index (χ0) is 12.9. The highest BCUT2D eigenvalue weighted by atomic mass is 16.3. The fourth-order valence-corrected chi connectivity index (χ4v) is 1.79. The summed E-state index contributed by atoms with van der Waals surface area (Å²) in [7, 11) is 0. The molecule has 2 amide bonds. The number of hydrogen-bond acceptors (Lipinski definition) is 3. The minimum absolute atomic E-state index is 0.585. The Labute approximate surface area is 103 Å². The van der Waals surface area contributed by atoms with E-state index >= 15 is 0 Å². The molecule has 5 nitrogen and oxygen atoms in total. The van der Waals surface area contributed by atoms with Crippen LogP contribution in [0.4, 0.5) is 4.79 Å². The van der Waals surface area contributed by atoms with Gasteiger partial charge in [-0.05, 0) is 18.0 Å². The molecule has 0 bridgehead atoms. The number of rotatable bonds is 11. The van der Waals surface area contributed by atoms with E-state index in [1.54, 1.807) is 0 Å². The minimum Gasteiger partial charge on any atom is -0.352 e. The average Bonchev–Trinajstić information content (AvgIpc) is 2.30. The van der Waals surface area contributed by atoms with Crippen LogP contribution in [0.1, 0.15) is 64.7 Å². The Bertz CT molecular complexity index is 210. The lowest BCUT2D eigenvalue weighted by atomic mass is 10.1. The van der Waals surface area contributed by atoms with Gasteiger partial charge < -0.3 is 11.1 Å². The number of nitrogens with two attached hydrogens (primary N) is 1. The largest absolute Gasteiger partial charge is 0.352 e. The monoisotopic (exact) mass is 243 g/mol. The third-order valence-electron chi connectivity index (χ3n) is 2.77. The Morgan fingerprint density at radius 2 is 1.65 bits per heavy atom. The van der Waals surface area contributed by atoms with Crippen molar-refractivity contribution in [3.8, 4) is 0 Å². The van der Waals surface area contributed by atoms with E-state index in [-0.39, 0.29) is 0 Å². The number of primary amides is 1. The molecular formula is C12H25N3O2. The summed E-state index contributed by atoms with van der Waals surface area (Å²) in [5.74, 6) is 0. The van der Waals surface area contributed by atoms with Crippen molar-refractivity contribution in [3.05, 3.63) is 4.91 Å². The van der Waals surface area contributed by atoms with Gasteiger partial charge in [0.15, 0.2) is 6.17 Å². The number of carbonyl (C=O) groups excluding carboxylic acids is 1. The normalized spacial score (nSPS) is 12.1. The maximum absolute atomic E-state index is 10.5. The summed E-state index contributed by atoms with van der Waals surface area (Å²) in [6, 6.07) is -0.686. The number of amides is 2. The van der Waals surface area contributed by atoms with Gasteiger partial charge in [0.2, 0.25) is 0 Å². The molecule has 0 aliphatic carbocycles. The van der Waals surface area contributed by atoms with Crippen LogP contribution in [0.25, 0.3) is 0 Å². The molecule has 0 fully saturated rings. The second-order valence-corrected chi connectivity index (χ2v) is 4.39. The number of nitrogens with zero attached hydrogens (tertiary/aromatic N) is 1. The van der Waals surface area contributed by atoms with Gasteiger partial charge in [-0.25, -0.2) is 4.79 Å². The quantitative estimate of drug-likeness (QED) is 0.431. The first kappa shape index (κ1) is 15.9. The molecule has 0 saturated heterocycles. The van der Waals surface area contributed by atoms with E-state index in [1.165, 1.54) is 38.5 Å². The molecule has 0 heterocycles. The molecule has 5 heteroatoms. The molecule has 0 saturated carbocycles. The summed E-state index contributed by atoms with van der Waals surface area (Å²) in [6.45, 7) is 2.21. The highest BCUT2D eigenvalue weighted by Crippen LogP contribution is 2.10. The van der Waals surface area contributed by atoms with Crippen LogP contribution in [0.2, 0.25) is 0 Å². The van der Waals surface area contributed by atoms with E-state index in [1.807, 2.05) is 0 Å². The van der Waals surface area contributed by atoms with Crippen molar-refractivity contribution in [3.63, 3.8) is 0 Å². The number of nitrogens with one attached hydrogen (secondary N) is 1. The van der Waals surface area contributed by atoms with Crippen molar-refractivity contribution in [1.82, 2.24) is 5.32 Å². The molecular weight excluding hydrogens is 218 g/mol. The lowest BCUT2D eigenvalue weighted by Crippen LogP contribution is -2.37. The first-order chi connectivity index (χ1) is 8.20. The summed E-state index contributed by atoms with van der Waals surface area (Å²) < 4.78 is 0. The highest BCUT2D eigenvalue weighted by Gasteiger charge is 2.08. The van der Waals surface area contributed by atoms with Crippen molar-refractivity contribution in [2.45, 2.75) is 70.9 Å². The molecule has 100 valence electrons.